The molecule has 0 aliphatic heterocycles. The van der Waals surface area contributed by atoms with Crippen molar-refractivity contribution in [1.29, 1.82) is 0 Å². The second kappa shape index (κ2) is 10.8. The van der Waals surface area contributed by atoms with E-state index in [4.69, 9.17) is 14.2 Å². The van der Waals surface area contributed by atoms with Gasteiger partial charge < -0.3 is 19.3 Å². The summed E-state index contributed by atoms with van der Waals surface area (Å²) in [6, 6.07) is 31.5. The van der Waals surface area contributed by atoms with E-state index >= 15 is 0 Å². The fourth-order valence-corrected chi connectivity index (χ4v) is 5.59. The standard InChI is InChI=1S/C32H28O6/c1-36-24-17-9-7-15-22(24)27-29(31(33)34)28(23-16-8-10-18-25(23)37-2)30(27)32(35)38-26-19-11-6-14-21(26)20-12-4-3-5-13-20/h3-19,27-30H,1-2H3,(H,33,34)/t27-,28-,29-,30-/m0/s1. The topological polar surface area (TPSA) is 82.1 Å². The number of hydrogen-bond acceptors (Lipinski definition) is 5. The summed E-state index contributed by atoms with van der Waals surface area (Å²) >= 11 is 0. The summed E-state index contributed by atoms with van der Waals surface area (Å²) in [5.74, 6) is -3.00. The van der Waals surface area contributed by atoms with Gasteiger partial charge in [-0.2, -0.15) is 0 Å². The number of methoxy groups -OCH3 is 2. The van der Waals surface area contributed by atoms with Crippen molar-refractivity contribution in [2.45, 2.75) is 11.8 Å². The van der Waals surface area contributed by atoms with Crippen LogP contribution in [0.2, 0.25) is 0 Å². The first-order valence-electron chi connectivity index (χ1n) is 12.4. The fourth-order valence-electron chi connectivity index (χ4n) is 5.59. The third-order valence-corrected chi connectivity index (χ3v) is 7.28. The quantitative estimate of drug-likeness (QED) is 0.226. The zero-order valence-electron chi connectivity index (χ0n) is 21.1. The average Bonchev–Trinajstić information content (AvgIpc) is 2.93. The normalized spacial score (nSPS) is 20.2. The lowest BCUT2D eigenvalue weighted by Crippen LogP contribution is -2.52. The van der Waals surface area contributed by atoms with Crippen LogP contribution >= 0.6 is 0 Å². The molecule has 4 aromatic rings. The number of hydrogen-bond donors (Lipinski definition) is 1. The van der Waals surface area contributed by atoms with Gasteiger partial charge in [-0.1, -0.05) is 84.9 Å². The highest BCUT2D eigenvalue weighted by molar-refractivity contribution is 5.87. The molecule has 1 saturated carbocycles. The Morgan fingerprint density at radius 3 is 1.61 bits per heavy atom. The molecule has 5 rings (SSSR count). The molecule has 0 amide bonds. The van der Waals surface area contributed by atoms with Gasteiger partial charge in [0.05, 0.1) is 26.1 Å². The second-order valence-corrected chi connectivity index (χ2v) is 9.21. The number of ether oxygens (including phenoxy) is 3. The molecule has 4 aromatic carbocycles. The molecule has 6 nitrogen and oxygen atoms in total. The number of carbonyl (C=O) groups is 2. The van der Waals surface area contributed by atoms with Crippen molar-refractivity contribution in [2.75, 3.05) is 14.2 Å². The van der Waals surface area contributed by atoms with Crippen LogP contribution in [0.4, 0.5) is 0 Å². The lowest BCUT2D eigenvalue weighted by Gasteiger charge is -2.49. The molecule has 0 saturated heterocycles. The van der Waals surface area contributed by atoms with E-state index in [0.717, 1.165) is 11.1 Å². The largest absolute Gasteiger partial charge is 0.496 e. The maximum absolute atomic E-state index is 14.0. The molecule has 1 aliphatic rings. The summed E-state index contributed by atoms with van der Waals surface area (Å²) in [7, 11) is 3.07. The Balaban J connectivity index is 1.60. The van der Waals surface area contributed by atoms with Crippen LogP contribution < -0.4 is 14.2 Å². The van der Waals surface area contributed by atoms with Crippen molar-refractivity contribution >= 4 is 11.9 Å². The fraction of sp³-hybridized carbons (Fsp3) is 0.188. The lowest BCUT2D eigenvalue weighted by atomic mass is 9.52. The van der Waals surface area contributed by atoms with Gasteiger partial charge in [-0.15, -0.1) is 0 Å². The summed E-state index contributed by atoms with van der Waals surface area (Å²) in [4.78, 5) is 26.7. The predicted octanol–water partition coefficient (Wildman–Crippen LogP) is 6.17. The minimum absolute atomic E-state index is 0.417. The van der Waals surface area contributed by atoms with Crippen LogP contribution in [0.5, 0.6) is 17.2 Å². The smallest absolute Gasteiger partial charge is 0.315 e. The summed E-state index contributed by atoms with van der Waals surface area (Å²) in [6.07, 6.45) is 0. The number of aliphatic carboxylic acids is 1. The maximum Gasteiger partial charge on any atom is 0.315 e. The Morgan fingerprint density at radius 1 is 0.605 bits per heavy atom. The van der Waals surface area contributed by atoms with Gasteiger partial charge in [0.1, 0.15) is 17.2 Å². The summed E-state index contributed by atoms with van der Waals surface area (Å²) in [5, 5.41) is 10.4. The number of rotatable bonds is 8. The van der Waals surface area contributed by atoms with Crippen molar-refractivity contribution < 1.29 is 28.9 Å². The van der Waals surface area contributed by atoms with Gasteiger partial charge in [-0.05, 0) is 34.9 Å². The Bertz CT molecular complexity index is 1390. The highest BCUT2D eigenvalue weighted by Crippen LogP contribution is 2.60. The zero-order chi connectivity index (χ0) is 26.6. The molecular weight excluding hydrogens is 480 g/mol. The van der Waals surface area contributed by atoms with Crippen molar-refractivity contribution in [3.8, 4) is 28.4 Å². The minimum atomic E-state index is -0.995. The molecular formula is C32H28O6. The SMILES string of the molecule is COc1ccccc1[C@H]1[C@H](C(=O)O)[C@H](c2ccccc2OC)[C@H]1C(=O)Oc1ccccc1-c1ccccc1. The monoisotopic (exact) mass is 508 g/mol. The molecule has 2 atom stereocenters. The van der Waals surface area contributed by atoms with E-state index in [1.54, 1.807) is 18.2 Å². The number of para-hydroxylation sites is 3. The number of benzene rings is 4. The molecule has 0 bridgehead atoms. The first-order valence-corrected chi connectivity index (χ1v) is 12.4. The molecule has 1 fully saturated rings. The second-order valence-electron chi connectivity index (χ2n) is 9.21. The maximum atomic E-state index is 14.0. The van der Waals surface area contributed by atoms with E-state index in [9.17, 15) is 14.7 Å². The van der Waals surface area contributed by atoms with Gasteiger partial charge in [-0.25, -0.2) is 0 Å². The predicted molar refractivity (Wildman–Crippen MR) is 144 cm³/mol. The van der Waals surface area contributed by atoms with Crippen molar-refractivity contribution in [3.05, 3.63) is 114 Å². The zero-order valence-corrected chi connectivity index (χ0v) is 21.1. The summed E-state index contributed by atoms with van der Waals surface area (Å²) < 4.78 is 17.2. The first kappa shape index (κ1) is 25.1. The molecule has 38 heavy (non-hydrogen) atoms. The Labute approximate surface area is 221 Å². The third-order valence-electron chi connectivity index (χ3n) is 7.28. The van der Waals surface area contributed by atoms with E-state index in [1.807, 2.05) is 84.9 Å². The molecule has 0 unspecified atom stereocenters. The summed E-state index contributed by atoms with van der Waals surface area (Å²) in [5.41, 5.74) is 3.01. The van der Waals surface area contributed by atoms with Crippen LogP contribution in [-0.4, -0.2) is 31.3 Å². The minimum Gasteiger partial charge on any atom is -0.496 e. The lowest BCUT2D eigenvalue weighted by molar-refractivity contribution is -0.158. The van der Waals surface area contributed by atoms with Gasteiger partial charge in [0, 0.05) is 17.4 Å². The average molecular weight is 509 g/mol. The number of carboxylic acid groups (broad SMARTS) is 1. The molecule has 192 valence electrons. The molecule has 1 N–H and O–H groups in total. The Kier molecular flexibility index (Phi) is 7.13. The van der Waals surface area contributed by atoms with Gasteiger partial charge in [0.15, 0.2) is 0 Å². The van der Waals surface area contributed by atoms with Gasteiger partial charge >= 0.3 is 11.9 Å². The van der Waals surface area contributed by atoms with Gasteiger partial charge in [0.2, 0.25) is 0 Å². The van der Waals surface area contributed by atoms with E-state index in [0.29, 0.717) is 28.4 Å². The van der Waals surface area contributed by atoms with Crippen molar-refractivity contribution in [2.24, 2.45) is 11.8 Å². The van der Waals surface area contributed by atoms with E-state index in [2.05, 4.69) is 0 Å². The summed E-state index contributed by atoms with van der Waals surface area (Å²) in [6.45, 7) is 0. The van der Waals surface area contributed by atoms with E-state index in [-0.39, 0.29) is 0 Å². The van der Waals surface area contributed by atoms with Crippen LogP contribution in [0.15, 0.2) is 103 Å². The van der Waals surface area contributed by atoms with Crippen LogP contribution in [-0.2, 0) is 9.59 Å². The van der Waals surface area contributed by atoms with Crippen molar-refractivity contribution in [1.82, 2.24) is 0 Å². The van der Waals surface area contributed by atoms with Crippen LogP contribution in [0, 0.1) is 11.8 Å². The number of esters is 1. The van der Waals surface area contributed by atoms with E-state index in [1.165, 1.54) is 14.2 Å². The number of carbonyl (C=O) groups excluding carboxylic acids is 1. The number of carboxylic acids is 1. The molecule has 0 aromatic heterocycles. The van der Waals surface area contributed by atoms with E-state index < -0.39 is 35.6 Å². The van der Waals surface area contributed by atoms with Gasteiger partial charge in [-0.3, -0.25) is 9.59 Å². The molecule has 0 radical (unpaired) electrons. The third kappa shape index (κ3) is 4.50. The Morgan fingerprint density at radius 2 is 1.08 bits per heavy atom. The molecule has 1 aliphatic carbocycles. The molecule has 0 spiro atoms. The van der Waals surface area contributed by atoms with Crippen LogP contribution in [0.1, 0.15) is 23.0 Å². The van der Waals surface area contributed by atoms with Crippen LogP contribution in [0.3, 0.4) is 0 Å². The van der Waals surface area contributed by atoms with Gasteiger partial charge in [0.25, 0.3) is 0 Å². The molecule has 0 heterocycles. The van der Waals surface area contributed by atoms with Crippen LogP contribution in [0.25, 0.3) is 11.1 Å². The first-order chi connectivity index (χ1) is 18.5. The molecule has 6 heteroatoms. The highest BCUT2D eigenvalue weighted by atomic mass is 16.5. The van der Waals surface area contributed by atoms with Crippen molar-refractivity contribution in [3.63, 3.8) is 0 Å². The Hall–Kier alpha value is -4.58. The highest BCUT2D eigenvalue weighted by Gasteiger charge is 2.60.